The average molecular weight is 427 g/mol. The quantitative estimate of drug-likeness (QED) is 0.644. The Balaban J connectivity index is 2.08. The van der Waals surface area contributed by atoms with Gasteiger partial charge in [-0.1, -0.05) is 41.4 Å². The predicted octanol–water partition coefficient (Wildman–Crippen LogP) is 3.36. The van der Waals surface area contributed by atoms with Crippen LogP contribution in [0.2, 0.25) is 5.02 Å². The summed E-state index contributed by atoms with van der Waals surface area (Å²) in [5.74, 6) is 0.297. The third-order valence-electron chi connectivity index (χ3n) is 3.91. The first-order chi connectivity index (χ1) is 12.8. The fourth-order valence-electron chi connectivity index (χ4n) is 2.41. The number of rotatable bonds is 9. The molecule has 0 radical (unpaired) electrons. The Morgan fingerprint density at radius 3 is 2.52 bits per heavy atom. The molecule has 0 saturated heterocycles. The van der Waals surface area contributed by atoms with Crippen LogP contribution in [0.1, 0.15) is 17.5 Å². The van der Waals surface area contributed by atoms with Crippen molar-refractivity contribution in [2.24, 2.45) is 0 Å². The van der Waals surface area contributed by atoms with E-state index in [1.807, 2.05) is 19.2 Å². The average Bonchev–Trinajstić information content (AvgIpc) is 2.63. The molecule has 0 aliphatic rings. The highest BCUT2D eigenvalue weighted by atomic mass is 35.5. The van der Waals surface area contributed by atoms with Gasteiger partial charge in [-0.2, -0.15) is 16.5 Å². The lowest BCUT2D eigenvalue weighted by molar-refractivity contribution is -0.122. The number of halogens is 1. The fraction of sp³-hybridized carbons (Fsp3) is 0.316. The molecule has 0 heterocycles. The van der Waals surface area contributed by atoms with Gasteiger partial charge in [0, 0.05) is 11.6 Å². The first-order valence-corrected chi connectivity index (χ1v) is 11.7. The van der Waals surface area contributed by atoms with Crippen LogP contribution in [0.4, 0.5) is 0 Å². The summed E-state index contributed by atoms with van der Waals surface area (Å²) in [5, 5.41) is 3.37. The number of hydrogen-bond donors (Lipinski definition) is 2. The number of amides is 1. The maximum Gasteiger partial charge on any atom is 0.241 e. The standard InChI is InChI=1S/C19H23ClN2O3S2/c1-14-6-8-17(9-7-14)27(24,25)22-18(10-11-26-2)19(23)21-13-15-4-3-5-16(20)12-15/h3-9,12,18,22H,10-11,13H2,1-2H3,(H,21,23). The van der Waals surface area contributed by atoms with Gasteiger partial charge in [-0.3, -0.25) is 4.79 Å². The molecule has 0 aliphatic heterocycles. The molecule has 146 valence electrons. The zero-order valence-corrected chi connectivity index (χ0v) is 17.6. The van der Waals surface area contributed by atoms with E-state index in [4.69, 9.17) is 11.6 Å². The summed E-state index contributed by atoms with van der Waals surface area (Å²) in [6.07, 6.45) is 2.31. The molecule has 1 amide bonds. The molecule has 2 rings (SSSR count). The fourth-order valence-corrected chi connectivity index (χ4v) is 4.33. The summed E-state index contributed by atoms with van der Waals surface area (Å²) in [6, 6.07) is 12.8. The third kappa shape index (κ3) is 6.84. The minimum absolute atomic E-state index is 0.143. The van der Waals surface area contributed by atoms with E-state index >= 15 is 0 Å². The Labute approximate surface area is 169 Å². The molecule has 0 spiro atoms. The van der Waals surface area contributed by atoms with E-state index in [-0.39, 0.29) is 17.3 Å². The van der Waals surface area contributed by atoms with Crippen LogP contribution >= 0.6 is 23.4 Å². The van der Waals surface area contributed by atoms with Gasteiger partial charge in [0.1, 0.15) is 6.04 Å². The van der Waals surface area contributed by atoms with Crippen molar-refractivity contribution in [1.82, 2.24) is 10.0 Å². The molecule has 2 aromatic rings. The van der Waals surface area contributed by atoms with Crippen molar-refractivity contribution >= 4 is 39.3 Å². The SMILES string of the molecule is CSCCC(NS(=O)(=O)c1ccc(C)cc1)C(=O)NCc1cccc(Cl)c1. The number of aryl methyl sites for hydroxylation is 1. The van der Waals surface area contributed by atoms with Gasteiger partial charge in [0.05, 0.1) is 4.90 Å². The van der Waals surface area contributed by atoms with E-state index in [1.54, 1.807) is 42.1 Å². The molecule has 1 unspecified atom stereocenters. The van der Waals surface area contributed by atoms with E-state index in [9.17, 15) is 13.2 Å². The molecule has 27 heavy (non-hydrogen) atoms. The van der Waals surface area contributed by atoms with Crippen LogP contribution in [0.3, 0.4) is 0 Å². The van der Waals surface area contributed by atoms with Crippen LogP contribution in [-0.2, 0) is 21.4 Å². The van der Waals surface area contributed by atoms with Crippen molar-refractivity contribution in [3.63, 3.8) is 0 Å². The van der Waals surface area contributed by atoms with E-state index in [0.717, 1.165) is 11.1 Å². The Morgan fingerprint density at radius 1 is 1.19 bits per heavy atom. The first-order valence-electron chi connectivity index (χ1n) is 8.42. The van der Waals surface area contributed by atoms with E-state index in [1.165, 1.54) is 12.1 Å². The van der Waals surface area contributed by atoms with Crippen LogP contribution in [0.25, 0.3) is 0 Å². The lowest BCUT2D eigenvalue weighted by Gasteiger charge is -2.18. The van der Waals surface area contributed by atoms with Gasteiger partial charge in [-0.05, 0) is 55.2 Å². The Kier molecular flexibility index (Phi) is 8.16. The summed E-state index contributed by atoms with van der Waals surface area (Å²) >= 11 is 7.51. The number of thioether (sulfide) groups is 1. The maximum atomic E-state index is 12.6. The van der Waals surface area contributed by atoms with E-state index in [2.05, 4.69) is 10.0 Å². The number of sulfonamides is 1. The van der Waals surface area contributed by atoms with Gasteiger partial charge in [0.15, 0.2) is 0 Å². The minimum Gasteiger partial charge on any atom is -0.351 e. The summed E-state index contributed by atoms with van der Waals surface area (Å²) in [4.78, 5) is 12.7. The highest BCUT2D eigenvalue weighted by Crippen LogP contribution is 2.13. The summed E-state index contributed by atoms with van der Waals surface area (Å²) < 4.78 is 27.8. The molecule has 2 aromatic carbocycles. The molecule has 2 N–H and O–H groups in total. The van der Waals surface area contributed by atoms with Crippen LogP contribution < -0.4 is 10.0 Å². The molecular formula is C19H23ClN2O3S2. The highest BCUT2D eigenvalue weighted by molar-refractivity contribution is 7.98. The maximum absolute atomic E-state index is 12.6. The second kappa shape index (κ2) is 10.1. The van der Waals surface area contributed by atoms with Crippen LogP contribution in [0.15, 0.2) is 53.4 Å². The van der Waals surface area contributed by atoms with E-state index < -0.39 is 16.1 Å². The molecule has 0 aliphatic carbocycles. The number of hydrogen-bond acceptors (Lipinski definition) is 4. The first kappa shape index (κ1) is 21.8. The van der Waals surface area contributed by atoms with Gasteiger partial charge in [0.25, 0.3) is 0 Å². The zero-order valence-electron chi connectivity index (χ0n) is 15.2. The minimum atomic E-state index is -3.78. The van der Waals surface area contributed by atoms with Crippen molar-refractivity contribution in [3.8, 4) is 0 Å². The van der Waals surface area contributed by atoms with Crippen LogP contribution in [-0.4, -0.2) is 32.4 Å². The summed E-state index contributed by atoms with van der Waals surface area (Å²) in [5.41, 5.74) is 1.81. The number of nitrogens with one attached hydrogen (secondary N) is 2. The molecule has 8 heteroatoms. The van der Waals surface area contributed by atoms with Gasteiger partial charge < -0.3 is 5.32 Å². The number of benzene rings is 2. The summed E-state index contributed by atoms with van der Waals surface area (Å²) in [7, 11) is -3.78. The smallest absolute Gasteiger partial charge is 0.241 e. The Hall–Kier alpha value is -1.54. The van der Waals surface area contributed by atoms with Gasteiger partial charge in [0.2, 0.25) is 15.9 Å². The Morgan fingerprint density at radius 2 is 1.89 bits per heavy atom. The van der Waals surface area contributed by atoms with Crippen molar-refractivity contribution < 1.29 is 13.2 Å². The molecule has 5 nitrogen and oxygen atoms in total. The molecule has 0 aromatic heterocycles. The van der Waals surface area contributed by atoms with Crippen LogP contribution in [0, 0.1) is 6.92 Å². The number of carbonyl (C=O) groups is 1. The molecule has 1 atom stereocenters. The topological polar surface area (TPSA) is 75.3 Å². The van der Waals surface area contributed by atoms with Gasteiger partial charge >= 0.3 is 0 Å². The molecule has 0 fully saturated rings. The van der Waals surface area contributed by atoms with Crippen LogP contribution in [0.5, 0.6) is 0 Å². The third-order valence-corrected chi connectivity index (χ3v) is 6.28. The lowest BCUT2D eigenvalue weighted by Crippen LogP contribution is -2.46. The van der Waals surface area contributed by atoms with Gasteiger partial charge in [-0.15, -0.1) is 0 Å². The van der Waals surface area contributed by atoms with Crippen molar-refractivity contribution in [3.05, 3.63) is 64.7 Å². The zero-order chi connectivity index (χ0) is 19.9. The highest BCUT2D eigenvalue weighted by Gasteiger charge is 2.25. The molecular weight excluding hydrogens is 404 g/mol. The molecule has 0 bridgehead atoms. The second-order valence-corrected chi connectivity index (χ2v) is 9.25. The lowest BCUT2D eigenvalue weighted by atomic mass is 10.2. The summed E-state index contributed by atoms with van der Waals surface area (Å²) in [6.45, 7) is 2.16. The number of carbonyl (C=O) groups excluding carboxylic acids is 1. The van der Waals surface area contributed by atoms with Crippen molar-refractivity contribution in [2.75, 3.05) is 12.0 Å². The van der Waals surface area contributed by atoms with E-state index in [0.29, 0.717) is 17.2 Å². The van der Waals surface area contributed by atoms with Crippen molar-refractivity contribution in [1.29, 1.82) is 0 Å². The normalized spacial score (nSPS) is 12.6. The second-order valence-electron chi connectivity index (χ2n) is 6.12. The molecule has 0 saturated carbocycles. The largest absolute Gasteiger partial charge is 0.351 e. The Bertz CT molecular complexity index is 871. The predicted molar refractivity (Wildman–Crippen MR) is 112 cm³/mol. The van der Waals surface area contributed by atoms with Gasteiger partial charge in [-0.25, -0.2) is 8.42 Å². The monoisotopic (exact) mass is 426 g/mol. The van der Waals surface area contributed by atoms with Crippen molar-refractivity contribution in [2.45, 2.75) is 30.8 Å².